The summed E-state index contributed by atoms with van der Waals surface area (Å²) in [6.45, 7) is 4.31. The lowest BCUT2D eigenvalue weighted by Crippen LogP contribution is -2.42. The van der Waals surface area contributed by atoms with E-state index in [1.54, 1.807) is 6.20 Å². The number of amides is 1. The van der Waals surface area contributed by atoms with E-state index < -0.39 is 0 Å². The van der Waals surface area contributed by atoms with Gasteiger partial charge in [-0.25, -0.2) is 4.98 Å². The maximum absolute atomic E-state index is 12.6. The molecule has 0 aliphatic carbocycles. The highest BCUT2D eigenvalue weighted by Gasteiger charge is 2.31. The third-order valence-electron chi connectivity index (χ3n) is 5.40. The molecule has 0 saturated carbocycles. The van der Waals surface area contributed by atoms with Gasteiger partial charge in [-0.15, -0.1) is 0 Å². The van der Waals surface area contributed by atoms with E-state index in [1.807, 2.05) is 24.7 Å². The number of rotatable bonds is 4. The van der Waals surface area contributed by atoms with Crippen LogP contribution in [0.4, 0.5) is 0 Å². The second kappa shape index (κ2) is 7.35. The van der Waals surface area contributed by atoms with Gasteiger partial charge in [0.15, 0.2) is 0 Å². The molecular weight excluding hydrogens is 314 g/mol. The molecular formula is C19H25N5O. The molecule has 132 valence electrons. The number of carbonyl (C=O) groups excluding carboxylic acids is 1. The van der Waals surface area contributed by atoms with Gasteiger partial charge < -0.3 is 14.8 Å². The maximum Gasteiger partial charge on any atom is 0.227 e. The summed E-state index contributed by atoms with van der Waals surface area (Å²) in [6.07, 6.45) is 10.6. The van der Waals surface area contributed by atoms with Crippen LogP contribution in [0.25, 0.3) is 0 Å². The fraction of sp³-hybridized carbons (Fsp3) is 0.526. The van der Waals surface area contributed by atoms with Gasteiger partial charge in [-0.05, 0) is 37.4 Å². The minimum absolute atomic E-state index is 0.184. The smallest absolute Gasteiger partial charge is 0.227 e. The predicted octanol–water partition coefficient (Wildman–Crippen LogP) is 1.64. The van der Waals surface area contributed by atoms with Crippen LogP contribution < -0.4 is 5.32 Å². The number of nitrogens with zero attached hydrogens (tertiary/aromatic N) is 4. The van der Waals surface area contributed by atoms with Crippen LogP contribution in [0.3, 0.4) is 0 Å². The third-order valence-corrected chi connectivity index (χ3v) is 5.40. The van der Waals surface area contributed by atoms with E-state index in [9.17, 15) is 4.79 Å². The Morgan fingerprint density at radius 3 is 2.84 bits per heavy atom. The molecule has 6 nitrogen and oxygen atoms in total. The van der Waals surface area contributed by atoms with Crippen LogP contribution in [-0.2, 0) is 11.3 Å². The standard InChI is InChI=1S/C19H25N5O/c25-19(17-3-7-21-13-17)23-9-4-16(5-10-23)18-22-8-11-24(18)14-15-2-1-6-20-12-15/h1-2,6,8,11-12,16-17,21H,3-5,7,9-10,13-14H2. The molecule has 1 atom stereocenters. The third kappa shape index (κ3) is 3.58. The van der Waals surface area contributed by atoms with Crippen molar-refractivity contribution in [1.82, 2.24) is 24.8 Å². The first-order valence-electron chi connectivity index (χ1n) is 9.20. The van der Waals surface area contributed by atoms with E-state index in [0.29, 0.717) is 11.8 Å². The average molecular weight is 339 g/mol. The van der Waals surface area contributed by atoms with Gasteiger partial charge in [0.05, 0.1) is 12.5 Å². The summed E-state index contributed by atoms with van der Waals surface area (Å²) < 4.78 is 2.22. The van der Waals surface area contributed by atoms with Crippen molar-refractivity contribution in [2.75, 3.05) is 26.2 Å². The number of hydrogen-bond donors (Lipinski definition) is 1. The van der Waals surface area contributed by atoms with Crippen molar-refractivity contribution in [1.29, 1.82) is 0 Å². The highest BCUT2D eigenvalue weighted by molar-refractivity contribution is 5.79. The van der Waals surface area contributed by atoms with Gasteiger partial charge in [0.2, 0.25) is 5.91 Å². The molecule has 4 rings (SSSR count). The van der Waals surface area contributed by atoms with Gasteiger partial charge in [0, 0.05) is 50.3 Å². The highest BCUT2D eigenvalue weighted by Crippen LogP contribution is 2.28. The number of piperidine rings is 1. The summed E-state index contributed by atoms with van der Waals surface area (Å²) >= 11 is 0. The Morgan fingerprint density at radius 2 is 2.12 bits per heavy atom. The SMILES string of the molecule is O=C(C1CCNC1)N1CCC(c2nccn2Cc2cccnc2)CC1. The molecule has 6 heteroatoms. The van der Waals surface area contributed by atoms with E-state index in [0.717, 1.165) is 57.8 Å². The van der Waals surface area contributed by atoms with Crippen molar-refractivity contribution in [3.8, 4) is 0 Å². The van der Waals surface area contributed by atoms with Crippen molar-refractivity contribution in [2.24, 2.45) is 5.92 Å². The first kappa shape index (κ1) is 16.3. The molecule has 2 aromatic heterocycles. The topological polar surface area (TPSA) is 63.1 Å². The lowest BCUT2D eigenvalue weighted by Gasteiger charge is -2.33. The minimum Gasteiger partial charge on any atom is -0.342 e. The van der Waals surface area contributed by atoms with Crippen LogP contribution in [0.2, 0.25) is 0 Å². The zero-order valence-electron chi connectivity index (χ0n) is 14.5. The largest absolute Gasteiger partial charge is 0.342 e. The molecule has 4 heterocycles. The number of aromatic nitrogens is 3. The van der Waals surface area contributed by atoms with Crippen molar-refractivity contribution >= 4 is 5.91 Å². The molecule has 2 saturated heterocycles. The van der Waals surface area contributed by atoms with E-state index in [1.165, 1.54) is 5.56 Å². The van der Waals surface area contributed by atoms with Crippen LogP contribution in [0.1, 0.15) is 36.6 Å². The first-order chi connectivity index (χ1) is 12.3. The van der Waals surface area contributed by atoms with Crippen molar-refractivity contribution in [2.45, 2.75) is 31.7 Å². The van der Waals surface area contributed by atoms with Crippen LogP contribution >= 0.6 is 0 Å². The van der Waals surface area contributed by atoms with Gasteiger partial charge in [0.25, 0.3) is 0 Å². The molecule has 25 heavy (non-hydrogen) atoms. The van der Waals surface area contributed by atoms with Crippen LogP contribution in [0, 0.1) is 5.92 Å². The number of likely N-dealkylation sites (tertiary alicyclic amines) is 1. The summed E-state index contributed by atoms with van der Waals surface area (Å²) in [5, 5.41) is 3.29. The molecule has 1 amide bonds. The van der Waals surface area contributed by atoms with Crippen molar-refractivity contribution in [3.05, 3.63) is 48.3 Å². The Hall–Kier alpha value is -2.21. The maximum atomic E-state index is 12.6. The molecule has 0 aromatic carbocycles. The zero-order chi connectivity index (χ0) is 17.1. The molecule has 0 radical (unpaired) electrons. The van der Waals surface area contributed by atoms with Crippen LogP contribution in [0.15, 0.2) is 36.9 Å². The molecule has 2 aliphatic heterocycles. The lowest BCUT2D eigenvalue weighted by molar-refractivity contribution is -0.136. The van der Waals surface area contributed by atoms with Crippen molar-refractivity contribution < 1.29 is 4.79 Å². The summed E-state index contributed by atoms with van der Waals surface area (Å²) in [7, 11) is 0. The molecule has 1 N–H and O–H groups in total. The van der Waals surface area contributed by atoms with Gasteiger partial charge in [-0.3, -0.25) is 9.78 Å². The summed E-state index contributed by atoms with van der Waals surface area (Å²) in [5.74, 6) is 2.09. The van der Waals surface area contributed by atoms with Crippen molar-refractivity contribution in [3.63, 3.8) is 0 Å². The average Bonchev–Trinajstić information content (AvgIpc) is 3.34. The Bertz CT molecular complexity index is 700. The van der Waals surface area contributed by atoms with E-state index >= 15 is 0 Å². The van der Waals surface area contributed by atoms with Gasteiger partial charge in [0.1, 0.15) is 5.82 Å². The van der Waals surface area contributed by atoms with E-state index in [2.05, 4.69) is 30.8 Å². The Morgan fingerprint density at radius 1 is 1.24 bits per heavy atom. The Kier molecular flexibility index (Phi) is 4.78. The fourth-order valence-corrected chi connectivity index (χ4v) is 3.98. The normalized spacial score (nSPS) is 21.6. The van der Waals surface area contributed by atoms with Crippen LogP contribution in [0.5, 0.6) is 0 Å². The Labute approximate surface area is 148 Å². The summed E-state index contributed by atoms with van der Waals surface area (Å²) in [6, 6.07) is 4.06. The minimum atomic E-state index is 0.184. The molecule has 0 spiro atoms. The molecule has 0 bridgehead atoms. The molecule has 2 fully saturated rings. The number of imidazole rings is 1. The number of hydrogen-bond acceptors (Lipinski definition) is 4. The van der Waals surface area contributed by atoms with E-state index in [4.69, 9.17) is 0 Å². The summed E-state index contributed by atoms with van der Waals surface area (Å²) in [4.78, 5) is 23.4. The lowest BCUT2D eigenvalue weighted by atomic mass is 9.94. The first-order valence-corrected chi connectivity index (χ1v) is 9.20. The van der Waals surface area contributed by atoms with E-state index in [-0.39, 0.29) is 5.92 Å². The van der Waals surface area contributed by atoms with Gasteiger partial charge >= 0.3 is 0 Å². The number of pyridine rings is 1. The number of carbonyl (C=O) groups is 1. The zero-order valence-corrected chi connectivity index (χ0v) is 14.5. The monoisotopic (exact) mass is 339 g/mol. The predicted molar refractivity (Wildman–Crippen MR) is 95.1 cm³/mol. The second-order valence-electron chi connectivity index (χ2n) is 7.06. The second-order valence-corrected chi connectivity index (χ2v) is 7.06. The fourth-order valence-electron chi connectivity index (χ4n) is 3.98. The summed E-state index contributed by atoms with van der Waals surface area (Å²) in [5.41, 5.74) is 1.18. The molecule has 1 unspecified atom stereocenters. The van der Waals surface area contributed by atoms with Gasteiger partial charge in [-0.2, -0.15) is 0 Å². The quantitative estimate of drug-likeness (QED) is 0.920. The highest BCUT2D eigenvalue weighted by atomic mass is 16.2. The number of nitrogens with one attached hydrogen (secondary N) is 1. The molecule has 2 aliphatic rings. The Balaban J connectivity index is 1.38. The molecule has 2 aromatic rings. The van der Waals surface area contributed by atoms with Gasteiger partial charge in [-0.1, -0.05) is 6.07 Å². The van der Waals surface area contributed by atoms with Crippen LogP contribution in [-0.4, -0.2) is 51.5 Å².